The summed E-state index contributed by atoms with van der Waals surface area (Å²) in [5.74, 6) is 0.372. The van der Waals surface area contributed by atoms with Crippen LogP contribution in [0.4, 0.5) is 10.1 Å². The van der Waals surface area contributed by atoms with Crippen LogP contribution in [0.15, 0.2) is 48.5 Å². The molecular formula is C21H23FN2O3. The van der Waals surface area contributed by atoms with Gasteiger partial charge in [-0.15, -0.1) is 0 Å². The van der Waals surface area contributed by atoms with Crippen LogP contribution < -0.4 is 15.0 Å². The van der Waals surface area contributed by atoms with Crippen molar-refractivity contribution in [3.63, 3.8) is 0 Å². The maximum Gasteiger partial charge on any atom is 0.257 e. The third kappa shape index (κ3) is 5.29. The highest BCUT2D eigenvalue weighted by atomic mass is 19.1. The number of benzene rings is 2. The molecule has 1 saturated heterocycles. The Balaban J connectivity index is 1.41. The molecule has 1 amide bonds. The maximum absolute atomic E-state index is 13.0. The first-order valence-corrected chi connectivity index (χ1v) is 9.02. The molecule has 1 unspecified atom stereocenters. The normalized spacial score (nSPS) is 16.2. The van der Waals surface area contributed by atoms with Crippen LogP contribution in [0.3, 0.4) is 0 Å². The number of carbonyl (C=O) groups excluding carboxylic acids is 2. The first kappa shape index (κ1) is 18.9. The summed E-state index contributed by atoms with van der Waals surface area (Å²) in [7, 11) is 0. The molecule has 3 rings (SSSR count). The van der Waals surface area contributed by atoms with Gasteiger partial charge in [0.25, 0.3) is 5.91 Å². The summed E-state index contributed by atoms with van der Waals surface area (Å²) in [6, 6.07) is 13.3. The fourth-order valence-electron chi connectivity index (χ4n) is 3.15. The number of hydrogen-bond acceptors (Lipinski definition) is 4. The van der Waals surface area contributed by atoms with E-state index < -0.39 is 0 Å². The molecular weight excluding hydrogens is 347 g/mol. The number of ketones is 1. The Labute approximate surface area is 158 Å². The van der Waals surface area contributed by atoms with Gasteiger partial charge in [-0.1, -0.05) is 12.1 Å². The van der Waals surface area contributed by atoms with E-state index in [4.69, 9.17) is 4.74 Å². The lowest BCUT2D eigenvalue weighted by molar-refractivity contribution is -0.123. The van der Waals surface area contributed by atoms with Crippen molar-refractivity contribution in [1.82, 2.24) is 5.32 Å². The van der Waals surface area contributed by atoms with Gasteiger partial charge in [0.15, 0.2) is 12.4 Å². The smallest absolute Gasteiger partial charge is 0.257 e. The largest absolute Gasteiger partial charge is 0.484 e. The molecule has 1 atom stereocenters. The van der Waals surface area contributed by atoms with Gasteiger partial charge in [0.1, 0.15) is 11.6 Å². The highest BCUT2D eigenvalue weighted by Crippen LogP contribution is 2.23. The second-order valence-electron chi connectivity index (χ2n) is 6.75. The van der Waals surface area contributed by atoms with Crippen LogP contribution in [0.2, 0.25) is 0 Å². The highest BCUT2D eigenvalue weighted by Gasteiger charge is 2.23. The average Bonchev–Trinajstić information content (AvgIpc) is 3.14. The van der Waals surface area contributed by atoms with Gasteiger partial charge in [-0.05, 0) is 55.7 Å². The summed E-state index contributed by atoms with van der Waals surface area (Å²) < 4.78 is 18.5. The summed E-state index contributed by atoms with van der Waals surface area (Å²) in [4.78, 5) is 25.6. The minimum atomic E-state index is -0.240. The summed E-state index contributed by atoms with van der Waals surface area (Å²) >= 11 is 0. The number of amides is 1. The fourth-order valence-corrected chi connectivity index (χ4v) is 3.15. The van der Waals surface area contributed by atoms with Crippen molar-refractivity contribution in [2.75, 3.05) is 31.1 Å². The van der Waals surface area contributed by atoms with Gasteiger partial charge in [0.2, 0.25) is 0 Å². The Kier molecular flexibility index (Phi) is 6.06. The lowest BCUT2D eigenvalue weighted by atomic mass is 10.1. The molecule has 2 aromatic carbocycles. The van der Waals surface area contributed by atoms with Gasteiger partial charge >= 0.3 is 0 Å². The highest BCUT2D eigenvalue weighted by molar-refractivity contribution is 5.94. The van der Waals surface area contributed by atoms with E-state index in [0.717, 1.165) is 25.2 Å². The Hall–Kier alpha value is -2.89. The lowest BCUT2D eigenvalue weighted by Crippen LogP contribution is -2.34. The van der Waals surface area contributed by atoms with Gasteiger partial charge in [-0.3, -0.25) is 9.59 Å². The molecule has 6 heteroatoms. The number of nitrogens with zero attached hydrogens (tertiary/aromatic N) is 1. The molecule has 2 aromatic rings. The molecule has 1 aliphatic heterocycles. The lowest BCUT2D eigenvalue weighted by Gasteiger charge is -2.18. The van der Waals surface area contributed by atoms with Gasteiger partial charge in [-0.2, -0.15) is 0 Å². The number of ether oxygens (including phenoxy) is 1. The topological polar surface area (TPSA) is 58.6 Å². The number of Topliss-reactive ketones (excluding diaryl/α,β-unsaturated/α-hetero) is 1. The fraction of sp³-hybridized carbons (Fsp3) is 0.333. The van der Waals surface area contributed by atoms with E-state index in [2.05, 4.69) is 10.2 Å². The molecule has 0 spiro atoms. The van der Waals surface area contributed by atoms with Crippen molar-refractivity contribution in [3.05, 3.63) is 59.9 Å². The quantitative estimate of drug-likeness (QED) is 0.761. The molecule has 1 fully saturated rings. The summed E-state index contributed by atoms with van der Waals surface area (Å²) in [5, 5.41) is 2.90. The van der Waals surface area contributed by atoms with E-state index in [0.29, 0.717) is 23.8 Å². The third-order valence-corrected chi connectivity index (χ3v) is 4.68. The van der Waals surface area contributed by atoms with Crippen molar-refractivity contribution in [2.45, 2.75) is 13.3 Å². The molecule has 1 aliphatic rings. The first-order chi connectivity index (χ1) is 13.0. The third-order valence-electron chi connectivity index (χ3n) is 4.68. The van der Waals surface area contributed by atoms with Crippen molar-refractivity contribution >= 4 is 17.4 Å². The second-order valence-corrected chi connectivity index (χ2v) is 6.75. The minimum absolute atomic E-state index is 0.0446. The summed E-state index contributed by atoms with van der Waals surface area (Å²) in [6.45, 7) is 3.69. The monoisotopic (exact) mass is 370 g/mol. The van der Waals surface area contributed by atoms with Crippen molar-refractivity contribution in [3.8, 4) is 5.75 Å². The van der Waals surface area contributed by atoms with E-state index in [1.54, 1.807) is 36.4 Å². The Morgan fingerprint density at radius 2 is 2.00 bits per heavy atom. The van der Waals surface area contributed by atoms with Crippen LogP contribution in [-0.2, 0) is 4.79 Å². The maximum atomic E-state index is 13.0. The first-order valence-electron chi connectivity index (χ1n) is 9.02. The van der Waals surface area contributed by atoms with Crippen LogP contribution >= 0.6 is 0 Å². The zero-order chi connectivity index (χ0) is 19.2. The molecule has 27 heavy (non-hydrogen) atoms. The van der Waals surface area contributed by atoms with Gasteiger partial charge < -0.3 is 15.0 Å². The van der Waals surface area contributed by atoms with E-state index >= 15 is 0 Å². The minimum Gasteiger partial charge on any atom is -0.484 e. The SMILES string of the molecule is CC(=O)c1cccc(OCC(=O)NCC2CCN(c3ccc(F)cc3)C2)c1. The Bertz CT molecular complexity index is 807. The van der Waals surface area contributed by atoms with Crippen LogP contribution in [0, 0.1) is 11.7 Å². The molecule has 5 nitrogen and oxygen atoms in total. The van der Waals surface area contributed by atoms with E-state index in [-0.39, 0.29) is 24.1 Å². The number of anilines is 1. The second kappa shape index (κ2) is 8.66. The van der Waals surface area contributed by atoms with Crippen molar-refractivity contribution in [2.24, 2.45) is 5.92 Å². The predicted octanol–water partition coefficient (Wildman–Crippen LogP) is 3.05. The molecule has 0 saturated carbocycles. The number of rotatable bonds is 7. The van der Waals surface area contributed by atoms with Crippen LogP contribution in [0.5, 0.6) is 5.75 Å². The number of hydrogen-bond donors (Lipinski definition) is 1. The summed E-state index contributed by atoms with van der Waals surface area (Å²) in [5.41, 5.74) is 1.55. The number of carbonyl (C=O) groups is 2. The van der Waals surface area contributed by atoms with E-state index in [1.807, 2.05) is 0 Å². The molecule has 0 bridgehead atoms. The Morgan fingerprint density at radius 1 is 1.22 bits per heavy atom. The van der Waals surface area contributed by atoms with Gasteiger partial charge in [0.05, 0.1) is 0 Å². The predicted molar refractivity (Wildman–Crippen MR) is 102 cm³/mol. The zero-order valence-corrected chi connectivity index (χ0v) is 15.3. The van der Waals surface area contributed by atoms with Gasteiger partial charge in [0, 0.05) is 30.9 Å². The van der Waals surface area contributed by atoms with Crippen LogP contribution in [0.25, 0.3) is 0 Å². The molecule has 142 valence electrons. The average molecular weight is 370 g/mol. The molecule has 0 aromatic heterocycles. The van der Waals surface area contributed by atoms with Crippen molar-refractivity contribution in [1.29, 1.82) is 0 Å². The summed E-state index contributed by atoms with van der Waals surface area (Å²) in [6.07, 6.45) is 0.971. The van der Waals surface area contributed by atoms with Crippen molar-refractivity contribution < 1.29 is 18.7 Å². The zero-order valence-electron chi connectivity index (χ0n) is 15.3. The Morgan fingerprint density at radius 3 is 2.74 bits per heavy atom. The van der Waals surface area contributed by atoms with Crippen LogP contribution in [-0.4, -0.2) is 37.9 Å². The molecule has 0 aliphatic carbocycles. The molecule has 1 heterocycles. The van der Waals surface area contributed by atoms with Gasteiger partial charge in [-0.25, -0.2) is 4.39 Å². The molecule has 0 radical (unpaired) electrons. The standard InChI is InChI=1S/C21H23FN2O3/c1-15(25)17-3-2-4-20(11-17)27-14-21(26)23-12-16-9-10-24(13-16)19-7-5-18(22)6-8-19/h2-8,11,16H,9-10,12-14H2,1H3,(H,23,26). The van der Waals surface area contributed by atoms with E-state index in [9.17, 15) is 14.0 Å². The number of nitrogens with one attached hydrogen (secondary N) is 1. The molecule has 1 N–H and O–H groups in total. The van der Waals surface area contributed by atoms with E-state index in [1.165, 1.54) is 19.1 Å². The number of halogens is 1. The van der Waals surface area contributed by atoms with Crippen LogP contribution in [0.1, 0.15) is 23.7 Å².